The zero-order chi connectivity index (χ0) is 11.1. The van der Waals surface area contributed by atoms with E-state index in [1.54, 1.807) is 0 Å². The second-order valence-electron chi connectivity index (χ2n) is 6.59. The Morgan fingerprint density at radius 3 is 2.60 bits per heavy atom. The van der Waals surface area contributed by atoms with Crippen LogP contribution in [-0.4, -0.2) is 12.2 Å². The zero-order valence-corrected chi connectivity index (χ0v) is 10.8. The van der Waals surface area contributed by atoms with Gasteiger partial charge in [0, 0.05) is 6.61 Å². The van der Waals surface area contributed by atoms with Crippen molar-refractivity contribution >= 4 is 0 Å². The molecule has 3 unspecified atom stereocenters. The van der Waals surface area contributed by atoms with Gasteiger partial charge >= 0.3 is 0 Å². The minimum atomic E-state index is 0.280. The van der Waals surface area contributed by atoms with Gasteiger partial charge in [0.05, 0.1) is 5.60 Å². The van der Waals surface area contributed by atoms with E-state index in [2.05, 4.69) is 27.7 Å². The molecule has 1 aliphatic carbocycles. The standard InChI is InChI=1S/C14H26O/c1-5-14-8-6-11(13(2,3)4)10-12(14)7-9-15-14/h11-12H,5-10H2,1-4H3. The van der Waals surface area contributed by atoms with Crippen LogP contribution in [0.3, 0.4) is 0 Å². The maximum Gasteiger partial charge on any atom is 0.0709 e. The highest BCUT2D eigenvalue weighted by Crippen LogP contribution is 2.51. The van der Waals surface area contributed by atoms with Crippen molar-refractivity contribution in [3.05, 3.63) is 0 Å². The van der Waals surface area contributed by atoms with Gasteiger partial charge in [-0.1, -0.05) is 27.7 Å². The van der Waals surface area contributed by atoms with Crippen molar-refractivity contribution in [3.8, 4) is 0 Å². The molecule has 1 aliphatic heterocycles. The highest BCUT2D eigenvalue weighted by molar-refractivity contribution is 4.98. The van der Waals surface area contributed by atoms with Gasteiger partial charge < -0.3 is 4.74 Å². The van der Waals surface area contributed by atoms with Gasteiger partial charge in [-0.15, -0.1) is 0 Å². The molecule has 1 saturated heterocycles. The first kappa shape index (κ1) is 11.4. The van der Waals surface area contributed by atoms with Gasteiger partial charge in [0.2, 0.25) is 0 Å². The highest BCUT2D eigenvalue weighted by atomic mass is 16.5. The number of hydrogen-bond donors (Lipinski definition) is 0. The lowest BCUT2D eigenvalue weighted by atomic mass is 9.63. The summed E-state index contributed by atoms with van der Waals surface area (Å²) in [6.45, 7) is 10.5. The van der Waals surface area contributed by atoms with Crippen LogP contribution >= 0.6 is 0 Å². The molecular formula is C14H26O. The van der Waals surface area contributed by atoms with E-state index in [0.717, 1.165) is 18.4 Å². The summed E-state index contributed by atoms with van der Waals surface area (Å²) in [5.41, 5.74) is 0.768. The Kier molecular flexibility index (Phi) is 2.87. The Balaban J connectivity index is 2.08. The van der Waals surface area contributed by atoms with Crippen molar-refractivity contribution in [3.63, 3.8) is 0 Å². The summed E-state index contributed by atoms with van der Waals surface area (Å²) in [6, 6.07) is 0. The van der Waals surface area contributed by atoms with E-state index in [1.807, 2.05) is 0 Å². The van der Waals surface area contributed by atoms with Crippen LogP contribution in [0.1, 0.15) is 59.8 Å². The minimum absolute atomic E-state index is 0.280. The predicted octanol–water partition coefficient (Wildman–Crippen LogP) is 4.02. The molecule has 88 valence electrons. The van der Waals surface area contributed by atoms with Crippen molar-refractivity contribution in [2.24, 2.45) is 17.3 Å². The molecule has 3 atom stereocenters. The second-order valence-corrected chi connectivity index (χ2v) is 6.59. The number of rotatable bonds is 1. The molecule has 0 radical (unpaired) electrons. The average Bonchev–Trinajstić information content (AvgIpc) is 2.59. The number of hydrogen-bond acceptors (Lipinski definition) is 1. The molecular weight excluding hydrogens is 184 g/mol. The van der Waals surface area contributed by atoms with E-state index >= 15 is 0 Å². The summed E-state index contributed by atoms with van der Waals surface area (Å²) in [4.78, 5) is 0. The van der Waals surface area contributed by atoms with Crippen molar-refractivity contribution in [1.82, 2.24) is 0 Å². The fourth-order valence-electron chi connectivity index (χ4n) is 3.63. The summed E-state index contributed by atoms with van der Waals surface area (Å²) < 4.78 is 6.05. The summed E-state index contributed by atoms with van der Waals surface area (Å²) in [6.07, 6.45) is 6.59. The first-order chi connectivity index (χ1) is 6.98. The van der Waals surface area contributed by atoms with E-state index in [4.69, 9.17) is 4.74 Å². The molecule has 1 heterocycles. The Morgan fingerprint density at radius 1 is 1.27 bits per heavy atom. The quantitative estimate of drug-likeness (QED) is 0.635. The van der Waals surface area contributed by atoms with Gasteiger partial charge in [-0.05, 0) is 49.4 Å². The summed E-state index contributed by atoms with van der Waals surface area (Å²) >= 11 is 0. The van der Waals surface area contributed by atoms with Gasteiger partial charge in [0.25, 0.3) is 0 Å². The molecule has 0 N–H and O–H groups in total. The smallest absolute Gasteiger partial charge is 0.0709 e. The van der Waals surface area contributed by atoms with Gasteiger partial charge in [-0.2, -0.15) is 0 Å². The SMILES string of the molecule is CCC12CCC(C(C)(C)C)CC1CCO2. The zero-order valence-electron chi connectivity index (χ0n) is 10.8. The van der Waals surface area contributed by atoms with Crippen molar-refractivity contribution in [2.45, 2.75) is 65.4 Å². The first-order valence-electron chi connectivity index (χ1n) is 6.62. The van der Waals surface area contributed by atoms with E-state index < -0.39 is 0 Å². The molecule has 0 aromatic rings. The highest BCUT2D eigenvalue weighted by Gasteiger charge is 2.48. The monoisotopic (exact) mass is 210 g/mol. The molecule has 2 aliphatic rings. The first-order valence-corrected chi connectivity index (χ1v) is 6.62. The van der Waals surface area contributed by atoms with Crippen LogP contribution in [0.2, 0.25) is 0 Å². The fourth-order valence-corrected chi connectivity index (χ4v) is 3.63. The summed E-state index contributed by atoms with van der Waals surface area (Å²) in [7, 11) is 0. The summed E-state index contributed by atoms with van der Waals surface area (Å²) in [5, 5.41) is 0. The van der Waals surface area contributed by atoms with Crippen LogP contribution in [0.5, 0.6) is 0 Å². The van der Waals surface area contributed by atoms with Gasteiger partial charge in [-0.3, -0.25) is 0 Å². The third-order valence-corrected chi connectivity index (χ3v) is 4.91. The Labute approximate surface area is 94.6 Å². The van der Waals surface area contributed by atoms with Crippen LogP contribution in [0.25, 0.3) is 0 Å². The molecule has 0 bridgehead atoms. The maximum atomic E-state index is 6.05. The van der Waals surface area contributed by atoms with Gasteiger partial charge in [0.15, 0.2) is 0 Å². The molecule has 0 aromatic carbocycles. The number of ether oxygens (including phenoxy) is 1. The van der Waals surface area contributed by atoms with Crippen LogP contribution in [-0.2, 0) is 4.74 Å². The molecule has 0 amide bonds. The van der Waals surface area contributed by atoms with E-state index in [-0.39, 0.29) is 5.60 Å². The van der Waals surface area contributed by atoms with Gasteiger partial charge in [-0.25, -0.2) is 0 Å². The lowest BCUT2D eigenvalue weighted by Crippen LogP contribution is -2.42. The normalized spacial score (nSPS) is 41.6. The topological polar surface area (TPSA) is 9.23 Å². The third-order valence-electron chi connectivity index (χ3n) is 4.91. The maximum absolute atomic E-state index is 6.05. The summed E-state index contributed by atoms with van der Waals surface area (Å²) in [5.74, 6) is 1.75. The third kappa shape index (κ3) is 1.95. The van der Waals surface area contributed by atoms with E-state index in [0.29, 0.717) is 5.41 Å². The van der Waals surface area contributed by atoms with E-state index in [1.165, 1.54) is 32.1 Å². The fraction of sp³-hybridized carbons (Fsp3) is 1.00. The predicted molar refractivity (Wildman–Crippen MR) is 63.9 cm³/mol. The Bertz CT molecular complexity index is 228. The lowest BCUT2D eigenvalue weighted by molar-refractivity contribution is -0.0688. The molecule has 0 spiro atoms. The van der Waals surface area contributed by atoms with Crippen LogP contribution in [0.4, 0.5) is 0 Å². The van der Waals surface area contributed by atoms with Crippen molar-refractivity contribution in [1.29, 1.82) is 0 Å². The molecule has 2 rings (SSSR count). The molecule has 1 heteroatoms. The molecule has 1 nitrogen and oxygen atoms in total. The van der Waals surface area contributed by atoms with Crippen molar-refractivity contribution in [2.75, 3.05) is 6.61 Å². The lowest BCUT2D eigenvalue weighted by Gasteiger charge is -2.45. The second kappa shape index (κ2) is 3.76. The average molecular weight is 210 g/mol. The van der Waals surface area contributed by atoms with Crippen LogP contribution < -0.4 is 0 Å². The molecule has 15 heavy (non-hydrogen) atoms. The molecule has 1 saturated carbocycles. The van der Waals surface area contributed by atoms with Crippen LogP contribution in [0, 0.1) is 17.3 Å². The van der Waals surface area contributed by atoms with Gasteiger partial charge in [0.1, 0.15) is 0 Å². The largest absolute Gasteiger partial charge is 0.375 e. The number of fused-ring (bicyclic) bond motifs is 1. The molecule has 0 aromatic heterocycles. The van der Waals surface area contributed by atoms with Crippen LogP contribution in [0.15, 0.2) is 0 Å². The molecule has 2 fully saturated rings. The van der Waals surface area contributed by atoms with E-state index in [9.17, 15) is 0 Å². The Hall–Kier alpha value is -0.0400. The minimum Gasteiger partial charge on any atom is -0.375 e. The Morgan fingerprint density at radius 2 is 2.00 bits per heavy atom. The van der Waals surface area contributed by atoms with Crippen molar-refractivity contribution < 1.29 is 4.74 Å².